The molecule has 0 amide bonds. The Morgan fingerprint density at radius 1 is 1.31 bits per heavy atom. The first-order chi connectivity index (χ1) is 7.75. The predicted molar refractivity (Wildman–Crippen MR) is 68.5 cm³/mol. The second kappa shape index (κ2) is 5.23. The molecule has 2 aromatic rings. The van der Waals surface area contributed by atoms with E-state index >= 15 is 0 Å². The Labute approximate surface area is 100 Å². The van der Waals surface area contributed by atoms with Crippen molar-refractivity contribution in [2.75, 3.05) is 0 Å². The number of aryl methyl sites for hydroxylation is 1. The number of rotatable bonds is 4. The molecule has 1 aromatic heterocycles. The molecule has 2 rings (SSSR count). The van der Waals surface area contributed by atoms with Crippen molar-refractivity contribution in [2.45, 2.75) is 26.4 Å². The molecule has 1 heterocycles. The van der Waals surface area contributed by atoms with Gasteiger partial charge in [-0.25, -0.2) is 4.98 Å². The summed E-state index contributed by atoms with van der Waals surface area (Å²) < 4.78 is 0. The monoisotopic (exact) mass is 232 g/mol. The standard InChI is InChI=1S/C13H16N2S/c1-10-9-16-13(15-10)8-14-11(2)12-6-4-3-5-7-12/h3-7,9,11,14H,8H2,1-2H3/t11-/m1/s1. The molecular weight excluding hydrogens is 216 g/mol. The van der Waals surface area contributed by atoms with E-state index in [9.17, 15) is 0 Å². The third-order valence-electron chi connectivity index (χ3n) is 2.53. The van der Waals surface area contributed by atoms with E-state index in [1.807, 2.05) is 13.0 Å². The lowest BCUT2D eigenvalue weighted by atomic mass is 10.1. The van der Waals surface area contributed by atoms with Crippen molar-refractivity contribution in [3.63, 3.8) is 0 Å². The maximum atomic E-state index is 4.43. The largest absolute Gasteiger partial charge is 0.304 e. The Balaban J connectivity index is 1.91. The van der Waals surface area contributed by atoms with Gasteiger partial charge in [-0.05, 0) is 19.4 Å². The van der Waals surface area contributed by atoms with E-state index in [-0.39, 0.29) is 0 Å². The molecule has 0 aliphatic carbocycles. The maximum absolute atomic E-state index is 4.43. The minimum Gasteiger partial charge on any atom is -0.304 e. The van der Waals surface area contributed by atoms with Crippen LogP contribution in [0.4, 0.5) is 0 Å². The van der Waals surface area contributed by atoms with Crippen LogP contribution in [0.2, 0.25) is 0 Å². The highest BCUT2D eigenvalue weighted by molar-refractivity contribution is 7.09. The van der Waals surface area contributed by atoms with Crippen molar-refractivity contribution in [1.82, 2.24) is 10.3 Å². The minimum absolute atomic E-state index is 0.366. The number of nitrogens with one attached hydrogen (secondary N) is 1. The van der Waals surface area contributed by atoms with Crippen LogP contribution in [0.1, 0.15) is 29.2 Å². The fourth-order valence-electron chi connectivity index (χ4n) is 1.58. The summed E-state index contributed by atoms with van der Waals surface area (Å²) in [7, 11) is 0. The van der Waals surface area contributed by atoms with Crippen LogP contribution in [-0.2, 0) is 6.54 Å². The highest BCUT2D eigenvalue weighted by Crippen LogP contribution is 2.14. The van der Waals surface area contributed by atoms with E-state index in [0.29, 0.717) is 6.04 Å². The number of hydrogen-bond donors (Lipinski definition) is 1. The highest BCUT2D eigenvalue weighted by Gasteiger charge is 2.05. The van der Waals surface area contributed by atoms with Gasteiger partial charge in [-0.3, -0.25) is 0 Å². The van der Waals surface area contributed by atoms with Crippen LogP contribution < -0.4 is 5.32 Å². The summed E-state index contributed by atoms with van der Waals surface area (Å²) in [6.07, 6.45) is 0. The molecule has 1 N–H and O–H groups in total. The average Bonchev–Trinajstić information content (AvgIpc) is 2.73. The quantitative estimate of drug-likeness (QED) is 0.875. The lowest BCUT2D eigenvalue weighted by molar-refractivity contribution is 0.573. The minimum atomic E-state index is 0.366. The van der Waals surface area contributed by atoms with Crippen molar-refractivity contribution < 1.29 is 0 Å². The Kier molecular flexibility index (Phi) is 3.70. The molecule has 84 valence electrons. The van der Waals surface area contributed by atoms with Gasteiger partial charge in [0.05, 0.1) is 0 Å². The Morgan fingerprint density at radius 3 is 2.69 bits per heavy atom. The topological polar surface area (TPSA) is 24.9 Å². The van der Waals surface area contributed by atoms with E-state index in [1.165, 1.54) is 5.56 Å². The summed E-state index contributed by atoms with van der Waals surface area (Å²) in [5, 5.41) is 6.72. The molecule has 0 radical (unpaired) electrons. The summed E-state index contributed by atoms with van der Waals surface area (Å²) in [5.74, 6) is 0. The molecule has 0 bridgehead atoms. The van der Waals surface area contributed by atoms with Crippen molar-refractivity contribution >= 4 is 11.3 Å². The highest BCUT2D eigenvalue weighted by atomic mass is 32.1. The number of benzene rings is 1. The molecule has 0 fully saturated rings. The van der Waals surface area contributed by atoms with E-state index < -0.39 is 0 Å². The summed E-state index contributed by atoms with van der Waals surface area (Å²) in [5.41, 5.74) is 2.42. The average molecular weight is 232 g/mol. The zero-order valence-corrected chi connectivity index (χ0v) is 10.4. The molecule has 1 atom stereocenters. The Bertz CT molecular complexity index is 436. The first-order valence-electron chi connectivity index (χ1n) is 5.45. The lowest BCUT2D eigenvalue weighted by Crippen LogP contribution is -2.17. The summed E-state index contributed by atoms with van der Waals surface area (Å²) in [6, 6.07) is 10.8. The summed E-state index contributed by atoms with van der Waals surface area (Å²) in [4.78, 5) is 4.43. The van der Waals surface area contributed by atoms with Gasteiger partial charge in [0, 0.05) is 23.7 Å². The normalized spacial score (nSPS) is 12.6. The molecule has 0 saturated carbocycles. The zero-order chi connectivity index (χ0) is 11.4. The SMILES string of the molecule is Cc1csc(CN[C@H](C)c2ccccc2)n1. The third-order valence-corrected chi connectivity index (χ3v) is 3.49. The molecule has 16 heavy (non-hydrogen) atoms. The predicted octanol–water partition coefficient (Wildman–Crippen LogP) is 3.30. The smallest absolute Gasteiger partial charge is 0.107 e. The van der Waals surface area contributed by atoms with Gasteiger partial charge in [0.15, 0.2) is 0 Å². The van der Waals surface area contributed by atoms with E-state index in [2.05, 4.69) is 46.9 Å². The van der Waals surface area contributed by atoms with Gasteiger partial charge >= 0.3 is 0 Å². The van der Waals surface area contributed by atoms with Gasteiger partial charge in [0.1, 0.15) is 5.01 Å². The van der Waals surface area contributed by atoms with Crippen LogP contribution in [-0.4, -0.2) is 4.98 Å². The number of aromatic nitrogens is 1. The van der Waals surface area contributed by atoms with Crippen LogP contribution in [0.3, 0.4) is 0 Å². The lowest BCUT2D eigenvalue weighted by Gasteiger charge is -2.12. The van der Waals surface area contributed by atoms with Gasteiger partial charge in [-0.1, -0.05) is 30.3 Å². The van der Waals surface area contributed by atoms with Crippen molar-refractivity contribution in [3.05, 3.63) is 52.0 Å². The second-order valence-corrected chi connectivity index (χ2v) is 4.84. The van der Waals surface area contributed by atoms with Crippen molar-refractivity contribution in [3.8, 4) is 0 Å². The number of hydrogen-bond acceptors (Lipinski definition) is 3. The van der Waals surface area contributed by atoms with Gasteiger partial charge in [0.2, 0.25) is 0 Å². The van der Waals surface area contributed by atoms with Crippen LogP contribution in [0.5, 0.6) is 0 Å². The molecule has 0 aliphatic heterocycles. The summed E-state index contributed by atoms with van der Waals surface area (Å²) in [6.45, 7) is 5.05. The molecule has 2 nitrogen and oxygen atoms in total. The maximum Gasteiger partial charge on any atom is 0.107 e. The molecule has 0 unspecified atom stereocenters. The van der Waals surface area contributed by atoms with E-state index in [1.54, 1.807) is 11.3 Å². The molecular formula is C13H16N2S. The van der Waals surface area contributed by atoms with Gasteiger partial charge < -0.3 is 5.32 Å². The third kappa shape index (κ3) is 2.90. The van der Waals surface area contributed by atoms with Crippen LogP contribution in [0, 0.1) is 6.92 Å². The molecule has 0 saturated heterocycles. The first kappa shape index (κ1) is 11.3. The van der Waals surface area contributed by atoms with Crippen molar-refractivity contribution in [1.29, 1.82) is 0 Å². The zero-order valence-electron chi connectivity index (χ0n) is 9.60. The summed E-state index contributed by atoms with van der Waals surface area (Å²) >= 11 is 1.71. The molecule has 0 aliphatic rings. The van der Waals surface area contributed by atoms with Crippen LogP contribution in [0.15, 0.2) is 35.7 Å². The first-order valence-corrected chi connectivity index (χ1v) is 6.33. The second-order valence-electron chi connectivity index (χ2n) is 3.90. The van der Waals surface area contributed by atoms with Crippen LogP contribution >= 0.6 is 11.3 Å². The van der Waals surface area contributed by atoms with Crippen LogP contribution in [0.25, 0.3) is 0 Å². The van der Waals surface area contributed by atoms with Gasteiger partial charge in [-0.15, -0.1) is 11.3 Å². The molecule has 1 aromatic carbocycles. The molecule has 3 heteroatoms. The van der Waals surface area contributed by atoms with Gasteiger partial charge in [-0.2, -0.15) is 0 Å². The Hall–Kier alpha value is -1.19. The van der Waals surface area contributed by atoms with E-state index in [0.717, 1.165) is 17.2 Å². The van der Waals surface area contributed by atoms with Crippen molar-refractivity contribution in [2.24, 2.45) is 0 Å². The van der Waals surface area contributed by atoms with Gasteiger partial charge in [0.25, 0.3) is 0 Å². The fourth-order valence-corrected chi connectivity index (χ4v) is 2.31. The Morgan fingerprint density at radius 2 is 2.06 bits per heavy atom. The molecule has 0 spiro atoms. The number of nitrogens with zero attached hydrogens (tertiary/aromatic N) is 1. The fraction of sp³-hybridized carbons (Fsp3) is 0.308. The number of thiazole rings is 1. The van der Waals surface area contributed by atoms with E-state index in [4.69, 9.17) is 0 Å².